The van der Waals surface area contributed by atoms with Crippen LogP contribution in [-0.4, -0.2) is 10.7 Å². The molecule has 148 valence electrons. The number of carbonyl (C=O) groups excluding carboxylic acids is 1. The number of benzene rings is 3. The number of hydrogen-bond donors (Lipinski definition) is 1. The summed E-state index contributed by atoms with van der Waals surface area (Å²) in [6.45, 7) is 0. The molecule has 2 nitrogen and oxygen atoms in total. The predicted molar refractivity (Wildman–Crippen MR) is 128 cm³/mol. The number of alkyl halides is 2. The molecule has 0 radical (unpaired) electrons. The van der Waals surface area contributed by atoms with Gasteiger partial charge in [-0.3, -0.25) is 10.1 Å². The van der Waals surface area contributed by atoms with E-state index in [2.05, 4.69) is 5.32 Å². The molecular weight excluding hydrogens is 467 g/mol. The Balaban J connectivity index is 2.42. The Hall–Kier alpha value is -1.54. The highest BCUT2D eigenvalue weighted by atomic mass is 35.5. The Bertz CT molecular complexity index is 894. The van der Waals surface area contributed by atoms with Crippen molar-refractivity contribution in [1.82, 2.24) is 5.32 Å². The Morgan fingerprint density at radius 1 is 0.690 bits per heavy atom. The van der Waals surface area contributed by atoms with Crippen LogP contribution in [0.25, 0.3) is 0 Å². The zero-order valence-electron chi connectivity index (χ0n) is 15.1. The van der Waals surface area contributed by atoms with Gasteiger partial charge in [0, 0.05) is 0 Å². The molecule has 1 N–H and O–H groups in total. The number of carbonyl (C=O) groups is 1. The van der Waals surface area contributed by atoms with Crippen molar-refractivity contribution in [1.29, 1.82) is 0 Å². The van der Waals surface area contributed by atoms with E-state index in [1.165, 1.54) is 0 Å². The van der Waals surface area contributed by atoms with Crippen molar-refractivity contribution in [2.45, 2.75) is 4.84 Å². The summed E-state index contributed by atoms with van der Waals surface area (Å²) in [7, 11) is -2.65. The van der Waals surface area contributed by atoms with Crippen LogP contribution in [0.1, 0.15) is 0 Å². The first-order valence-electron chi connectivity index (χ1n) is 8.68. The molecule has 0 fully saturated rings. The fraction of sp³-hybridized carbons (Fsp3) is 0.0455. The topological polar surface area (TPSA) is 29.1 Å². The number of rotatable bonds is 6. The van der Waals surface area contributed by atoms with Gasteiger partial charge < -0.3 is 0 Å². The number of halogens is 4. The first-order valence-corrected chi connectivity index (χ1v) is 12.1. The van der Waals surface area contributed by atoms with Crippen molar-refractivity contribution in [3.63, 3.8) is 0 Å². The minimum atomic E-state index is -2.65. The zero-order valence-corrected chi connectivity index (χ0v) is 19.0. The van der Waals surface area contributed by atoms with Crippen molar-refractivity contribution >= 4 is 75.5 Å². The fourth-order valence-corrected chi connectivity index (χ4v) is 8.24. The van der Waals surface area contributed by atoms with E-state index in [0.29, 0.717) is 5.44 Å². The molecule has 0 saturated carbocycles. The molecule has 3 rings (SSSR count). The lowest BCUT2D eigenvalue weighted by Crippen LogP contribution is -2.39. The molecule has 0 aliphatic carbocycles. The standard InChI is InChI=1S/C22H16Cl4NOP/c23-19(24)21(28)27-22(20(25)26)29(16-10-4-1-5-11-16,17-12-6-2-7-13-17)18-14-8-3-9-15-18/h1-15,19H/p+1. The molecule has 0 saturated heterocycles. The molecule has 7 heteroatoms. The predicted octanol–water partition coefficient (Wildman–Crippen LogP) is 5.50. The third-order valence-corrected chi connectivity index (χ3v) is 9.65. The maximum absolute atomic E-state index is 12.5. The summed E-state index contributed by atoms with van der Waals surface area (Å²) in [5, 5.41) is 5.75. The highest BCUT2D eigenvalue weighted by molar-refractivity contribution is 7.99. The van der Waals surface area contributed by atoms with Gasteiger partial charge in [-0.1, -0.05) is 101 Å². The number of hydrogen-bond acceptors (Lipinski definition) is 1. The molecular formula is C22H17Cl4NOP+. The molecule has 0 aliphatic heterocycles. The monoisotopic (exact) mass is 482 g/mol. The first kappa shape index (κ1) is 22.2. The van der Waals surface area contributed by atoms with E-state index in [1.807, 2.05) is 91.0 Å². The third-order valence-electron chi connectivity index (χ3n) is 4.38. The van der Waals surface area contributed by atoms with Crippen molar-refractivity contribution < 1.29 is 4.79 Å². The van der Waals surface area contributed by atoms with Gasteiger partial charge in [0.1, 0.15) is 15.9 Å². The summed E-state index contributed by atoms with van der Waals surface area (Å²) in [6.07, 6.45) is 0. The molecule has 0 atom stereocenters. The molecule has 0 spiro atoms. The molecule has 1 amide bonds. The largest absolute Gasteiger partial charge is 0.292 e. The zero-order chi connectivity index (χ0) is 20.9. The first-order chi connectivity index (χ1) is 14.0. The van der Waals surface area contributed by atoms with Gasteiger partial charge in [0.15, 0.2) is 16.6 Å². The molecule has 0 heterocycles. The van der Waals surface area contributed by atoms with Gasteiger partial charge in [-0.2, -0.15) is 0 Å². The smallest absolute Gasteiger partial charge is 0.260 e. The van der Waals surface area contributed by atoms with Gasteiger partial charge in [0.2, 0.25) is 5.44 Å². The lowest BCUT2D eigenvalue weighted by Gasteiger charge is -2.29. The number of nitrogens with one attached hydrogen (secondary N) is 1. The van der Waals surface area contributed by atoms with Gasteiger partial charge in [0.05, 0.1) is 0 Å². The fourth-order valence-electron chi connectivity index (χ4n) is 3.22. The van der Waals surface area contributed by atoms with Gasteiger partial charge in [-0.25, -0.2) is 0 Å². The van der Waals surface area contributed by atoms with Crippen LogP contribution in [-0.2, 0) is 4.79 Å². The second-order valence-electron chi connectivity index (χ2n) is 6.08. The molecule has 29 heavy (non-hydrogen) atoms. The summed E-state index contributed by atoms with van der Waals surface area (Å²) in [5.41, 5.74) is 0.390. The van der Waals surface area contributed by atoms with Crippen LogP contribution < -0.4 is 21.2 Å². The van der Waals surface area contributed by atoms with Crippen molar-refractivity contribution in [3.05, 3.63) is 101 Å². The van der Waals surface area contributed by atoms with Crippen LogP contribution in [0.4, 0.5) is 0 Å². The summed E-state index contributed by atoms with van der Waals surface area (Å²) in [4.78, 5) is 11.2. The van der Waals surface area contributed by atoms with Crippen molar-refractivity contribution in [2.75, 3.05) is 0 Å². The van der Waals surface area contributed by atoms with Gasteiger partial charge in [-0.05, 0) is 36.4 Å². The van der Waals surface area contributed by atoms with Crippen LogP contribution in [0.5, 0.6) is 0 Å². The summed E-state index contributed by atoms with van der Waals surface area (Å²) < 4.78 is -0.0442. The minimum absolute atomic E-state index is 0.0442. The van der Waals surface area contributed by atoms with E-state index in [1.54, 1.807) is 0 Å². The summed E-state index contributed by atoms with van der Waals surface area (Å²) in [6, 6.07) is 29.6. The Morgan fingerprint density at radius 2 is 1.03 bits per heavy atom. The van der Waals surface area contributed by atoms with Crippen LogP contribution in [0.15, 0.2) is 101 Å². The maximum Gasteiger partial charge on any atom is 0.260 e. The Labute approximate surface area is 190 Å². The maximum atomic E-state index is 12.5. The lowest BCUT2D eigenvalue weighted by molar-refractivity contribution is -0.118. The van der Waals surface area contributed by atoms with Crippen LogP contribution >= 0.6 is 53.7 Å². The molecule has 0 bridgehead atoms. The van der Waals surface area contributed by atoms with Gasteiger partial charge in [-0.15, -0.1) is 0 Å². The van der Waals surface area contributed by atoms with Gasteiger partial charge >= 0.3 is 0 Å². The Morgan fingerprint density at radius 3 is 1.31 bits per heavy atom. The van der Waals surface area contributed by atoms with E-state index in [-0.39, 0.29) is 4.49 Å². The average molecular weight is 484 g/mol. The molecule has 3 aromatic carbocycles. The summed E-state index contributed by atoms with van der Waals surface area (Å²) >= 11 is 24.4. The van der Waals surface area contributed by atoms with Crippen molar-refractivity contribution in [3.8, 4) is 0 Å². The van der Waals surface area contributed by atoms with Crippen LogP contribution in [0, 0.1) is 0 Å². The van der Waals surface area contributed by atoms with E-state index >= 15 is 0 Å². The van der Waals surface area contributed by atoms with E-state index < -0.39 is 18.0 Å². The minimum Gasteiger partial charge on any atom is -0.292 e. The van der Waals surface area contributed by atoms with E-state index in [4.69, 9.17) is 46.4 Å². The second-order valence-corrected chi connectivity index (χ2v) is 11.5. The van der Waals surface area contributed by atoms with Crippen LogP contribution in [0.3, 0.4) is 0 Å². The van der Waals surface area contributed by atoms with E-state index in [9.17, 15) is 4.79 Å². The molecule has 0 unspecified atom stereocenters. The van der Waals surface area contributed by atoms with Crippen LogP contribution in [0.2, 0.25) is 0 Å². The van der Waals surface area contributed by atoms with Gasteiger partial charge in [0.25, 0.3) is 5.91 Å². The van der Waals surface area contributed by atoms with E-state index in [0.717, 1.165) is 15.9 Å². The SMILES string of the molecule is O=C(NC(=C(Cl)Cl)[P+](c1ccccc1)(c1ccccc1)c1ccccc1)C(Cl)Cl. The van der Waals surface area contributed by atoms with Crippen molar-refractivity contribution in [2.24, 2.45) is 0 Å². The average Bonchev–Trinajstić information content (AvgIpc) is 2.75. The third kappa shape index (κ3) is 4.63. The molecule has 0 aliphatic rings. The lowest BCUT2D eigenvalue weighted by atomic mass is 10.4. The highest BCUT2D eigenvalue weighted by Gasteiger charge is 2.52. The quantitative estimate of drug-likeness (QED) is 0.363. The normalized spacial score (nSPS) is 11.2. The Kier molecular flexibility index (Phi) is 7.62. The summed E-state index contributed by atoms with van der Waals surface area (Å²) in [5.74, 6) is -0.589. The molecule has 0 aromatic heterocycles. The molecule has 3 aromatic rings. The number of amides is 1. The second kappa shape index (κ2) is 9.98. The highest BCUT2D eigenvalue weighted by Crippen LogP contribution is 2.63.